The highest BCUT2D eigenvalue weighted by molar-refractivity contribution is 5.85. The number of benzene rings is 2. The third-order valence-corrected chi connectivity index (χ3v) is 3.71. The average Bonchev–Trinajstić information content (AvgIpc) is 3.11. The van der Waals surface area contributed by atoms with Gasteiger partial charge in [-0.05, 0) is 57.2 Å². The minimum Gasteiger partial charge on any atom is -0.497 e. The van der Waals surface area contributed by atoms with Gasteiger partial charge in [-0.25, -0.2) is 4.79 Å². The summed E-state index contributed by atoms with van der Waals surface area (Å²) < 4.78 is 15.8. The lowest BCUT2D eigenvalue weighted by Gasteiger charge is -2.19. The minimum atomic E-state index is -0.539. The van der Waals surface area contributed by atoms with E-state index in [-0.39, 0.29) is 0 Å². The molecular weight excluding hydrogens is 344 g/mol. The van der Waals surface area contributed by atoms with Crippen LogP contribution in [0.4, 0.5) is 10.5 Å². The van der Waals surface area contributed by atoms with Gasteiger partial charge in [0.25, 0.3) is 0 Å². The summed E-state index contributed by atoms with van der Waals surface area (Å²) in [4.78, 5) is 11.8. The van der Waals surface area contributed by atoms with E-state index in [0.717, 1.165) is 16.9 Å². The van der Waals surface area contributed by atoms with Crippen LogP contribution in [0, 0.1) is 0 Å². The number of carbonyl (C=O) groups excluding carboxylic acids is 1. The van der Waals surface area contributed by atoms with Crippen LogP contribution in [0.1, 0.15) is 20.8 Å². The molecule has 0 atom stereocenters. The normalized spacial score (nSPS) is 11.1. The van der Waals surface area contributed by atoms with Crippen molar-refractivity contribution in [2.75, 3.05) is 12.4 Å². The van der Waals surface area contributed by atoms with Crippen molar-refractivity contribution >= 4 is 11.8 Å². The third kappa shape index (κ3) is 4.88. The fourth-order valence-electron chi connectivity index (χ4n) is 2.45. The number of nitrogens with zero attached hydrogens (tertiary/aromatic N) is 1. The van der Waals surface area contributed by atoms with Gasteiger partial charge in [0.15, 0.2) is 5.76 Å². The van der Waals surface area contributed by atoms with Gasteiger partial charge in [0.05, 0.1) is 7.11 Å². The van der Waals surface area contributed by atoms with Crippen LogP contribution in [0.5, 0.6) is 5.75 Å². The van der Waals surface area contributed by atoms with Crippen molar-refractivity contribution in [3.8, 4) is 28.3 Å². The third-order valence-electron chi connectivity index (χ3n) is 3.71. The quantitative estimate of drug-likeness (QED) is 0.672. The minimum absolute atomic E-state index is 0.488. The van der Waals surface area contributed by atoms with E-state index in [1.54, 1.807) is 19.2 Å². The molecule has 0 bridgehead atoms. The van der Waals surface area contributed by atoms with E-state index in [0.29, 0.717) is 17.1 Å². The number of hydrogen-bond donors (Lipinski definition) is 1. The van der Waals surface area contributed by atoms with E-state index in [9.17, 15) is 4.79 Å². The van der Waals surface area contributed by atoms with E-state index in [1.807, 2.05) is 63.2 Å². The number of aromatic nitrogens is 1. The summed E-state index contributed by atoms with van der Waals surface area (Å²) in [5.74, 6) is 1.45. The van der Waals surface area contributed by atoms with Crippen molar-refractivity contribution in [2.45, 2.75) is 26.4 Å². The second kappa shape index (κ2) is 7.53. The van der Waals surface area contributed by atoms with Gasteiger partial charge >= 0.3 is 6.09 Å². The molecule has 3 aromatic rings. The Labute approximate surface area is 158 Å². The summed E-state index contributed by atoms with van der Waals surface area (Å²) in [6, 6.07) is 16.8. The average molecular weight is 366 g/mol. The molecule has 0 aliphatic carbocycles. The number of carbonyl (C=O) groups is 1. The topological polar surface area (TPSA) is 73.6 Å². The summed E-state index contributed by atoms with van der Waals surface area (Å²) >= 11 is 0. The Bertz CT molecular complexity index is 907. The molecule has 0 unspecified atom stereocenters. The predicted molar refractivity (Wildman–Crippen MR) is 104 cm³/mol. The molecule has 6 heteroatoms. The van der Waals surface area contributed by atoms with Crippen LogP contribution >= 0.6 is 0 Å². The number of anilines is 1. The summed E-state index contributed by atoms with van der Waals surface area (Å²) in [7, 11) is 1.63. The lowest BCUT2D eigenvalue weighted by molar-refractivity contribution is 0.0636. The molecule has 0 saturated carbocycles. The van der Waals surface area contributed by atoms with Crippen LogP contribution in [0.25, 0.3) is 22.6 Å². The molecule has 140 valence electrons. The van der Waals surface area contributed by atoms with Crippen molar-refractivity contribution in [1.29, 1.82) is 0 Å². The van der Waals surface area contributed by atoms with Gasteiger partial charge in [0, 0.05) is 22.9 Å². The molecule has 27 heavy (non-hydrogen) atoms. The first-order valence-corrected chi connectivity index (χ1v) is 8.56. The number of ether oxygens (including phenoxy) is 2. The Morgan fingerprint density at radius 3 is 2.22 bits per heavy atom. The van der Waals surface area contributed by atoms with E-state index < -0.39 is 11.7 Å². The first kappa shape index (κ1) is 18.5. The monoisotopic (exact) mass is 366 g/mol. The van der Waals surface area contributed by atoms with E-state index in [1.165, 1.54) is 0 Å². The number of rotatable bonds is 4. The lowest BCUT2D eigenvalue weighted by atomic mass is 10.1. The fourth-order valence-corrected chi connectivity index (χ4v) is 2.45. The first-order chi connectivity index (χ1) is 12.8. The molecule has 0 aliphatic heterocycles. The molecule has 0 fully saturated rings. The molecule has 0 radical (unpaired) electrons. The predicted octanol–water partition coefficient (Wildman–Crippen LogP) is 5.36. The standard InChI is InChI=1S/C21H22N2O4/c1-21(2,3)26-20(24)22-16-9-5-14(6-10-16)18-13-19(27-23-18)15-7-11-17(25-4)12-8-15/h5-13H,1-4H3,(H,22,24). The molecule has 1 aromatic heterocycles. The van der Waals surface area contributed by atoms with Crippen LogP contribution < -0.4 is 10.1 Å². The summed E-state index contributed by atoms with van der Waals surface area (Å²) in [6.07, 6.45) is -0.488. The Morgan fingerprint density at radius 1 is 1.00 bits per heavy atom. The molecule has 1 N–H and O–H groups in total. The SMILES string of the molecule is COc1ccc(-c2cc(-c3ccc(NC(=O)OC(C)(C)C)cc3)no2)cc1. The zero-order valence-corrected chi connectivity index (χ0v) is 15.8. The molecule has 3 rings (SSSR count). The molecule has 1 heterocycles. The number of nitrogens with one attached hydrogen (secondary N) is 1. The maximum Gasteiger partial charge on any atom is 0.412 e. The van der Waals surface area contributed by atoms with E-state index >= 15 is 0 Å². The second-order valence-electron chi connectivity index (χ2n) is 7.01. The fraction of sp³-hybridized carbons (Fsp3) is 0.238. The number of amides is 1. The van der Waals surface area contributed by atoms with Crippen LogP contribution in [0.15, 0.2) is 59.1 Å². The summed E-state index contributed by atoms with van der Waals surface area (Å²) in [5.41, 5.74) is 2.62. The van der Waals surface area contributed by atoms with Gasteiger partial charge in [-0.3, -0.25) is 5.32 Å². The van der Waals surface area contributed by atoms with Crippen LogP contribution in [-0.2, 0) is 4.74 Å². The van der Waals surface area contributed by atoms with Gasteiger partial charge in [0.2, 0.25) is 0 Å². The van der Waals surface area contributed by atoms with Gasteiger partial charge in [-0.1, -0.05) is 17.3 Å². The van der Waals surface area contributed by atoms with Crippen LogP contribution in [0.3, 0.4) is 0 Å². The van der Waals surface area contributed by atoms with Gasteiger partial charge in [0.1, 0.15) is 17.0 Å². The first-order valence-electron chi connectivity index (χ1n) is 8.56. The summed E-state index contributed by atoms with van der Waals surface area (Å²) in [5, 5.41) is 6.83. The molecule has 0 aliphatic rings. The van der Waals surface area contributed by atoms with E-state index in [2.05, 4.69) is 10.5 Å². The van der Waals surface area contributed by atoms with Crippen molar-refractivity contribution in [1.82, 2.24) is 5.16 Å². The molecular formula is C21H22N2O4. The highest BCUT2D eigenvalue weighted by atomic mass is 16.6. The Morgan fingerprint density at radius 2 is 1.63 bits per heavy atom. The lowest BCUT2D eigenvalue weighted by Crippen LogP contribution is -2.27. The van der Waals surface area contributed by atoms with Crippen LogP contribution in [0.2, 0.25) is 0 Å². The van der Waals surface area contributed by atoms with Gasteiger partial charge < -0.3 is 14.0 Å². The number of methoxy groups -OCH3 is 1. The highest BCUT2D eigenvalue weighted by Gasteiger charge is 2.16. The molecule has 6 nitrogen and oxygen atoms in total. The zero-order valence-electron chi connectivity index (χ0n) is 15.8. The van der Waals surface area contributed by atoms with Crippen molar-refractivity contribution in [3.05, 3.63) is 54.6 Å². The van der Waals surface area contributed by atoms with E-state index in [4.69, 9.17) is 14.0 Å². The highest BCUT2D eigenvalue weighted by Crippen LogP contribution is 2.28. The summed E-state index contributed by atoms with van der Waals surface area (Å²) in [6.45, 7) is 5.46. The molecule has 2 aromatic carbocycles. The van der Waals surface area contributed by atoms with Crippen molar-refractivity contribution < 1.29 is 18.8 Å². The Balaban J connectivity index is 1.70. The number of hydrogen-bond acceptors (Lipinski definition) is 5. The van der Waals surface area contributed by atoms with Crippen LogP contribution in [-0.4, -0.2) is 24.0 Å². The Kier molecular flexibility index (Phi) is 5.16. The van der Waals surface area contributed by atoms with Crippen molar-refractivity contribution in [2.24, 2.45) is 0 Å². The molecule has 1 amide bonds. The largest absolute Gasteiger partial charge is 0.497 e. The smallest absolute Gasteiger partial charge is 0.412 e. The maximum atomic E-state index is 11.8. The maximum absolute atomic E-state index is 11.8. The van der Waals surface area contributed by atoms with Crippen molar-refractivity contribution in [3.63, 3.8) is 0 Å². The van der Waals surface area contributed by atoms with Gasteiger partial charge in [-0.2, -0.15) is 0 Å². The zero-order chi connectivity index (χ0) is 19.4. The molecule has 0 saturated heterocycles. The Hall–Kier alpha value is -3.28. The second-order valence-corrected chi connectivity index (χ2v) is 7.01. The molecule has 0 spiro atoms. The van der Waals surface area contributed by atoms with Gasteiger partial charge in [-0.15, -0.1) is 0 Å².